The van der Waals surface area contributed by atoms with Crippen LogP contribution >= 0.6 is 0 Å². The van der Waals surface area contributed by atoms with E-state index in [9.17, 15) is 4.91 Å². The molecule has 0 spiro atoms. The van der Waals surface area contributed by atoms with E-state index in [2.05, 4.69) is 29.0 Å². The standard InChI is InChI=1S/C9H15N5O2/c1-5(2)3-4-16-8-6(14-15)7(10)12-9(11)13-8/h5H,3-4H2,1-2H3,(H4,10,11,12,13). The molecule has 16 heavy (non-hydrogen) atoms. The third-order valence-corrected chi connectivity index (χ3v) is 1.92. The number of nitrogens with two attached hydrogens (primary N) is 2. The first-order chi connectivity index (χ1) is 7.54. The van der Waals surface area contributed by atoms with Gasteiger partial charge in [0.25, 0.3) is 5.88 Å². The molecule has 4 N–H and O–H groups in total. The summed E-state index contributed by atoms with van der Waals surface area (Å²) in [5, 5.41) is 2.73. The molecule has 0 fully saturated rings. The van der Waals surface area contributed by atoms with Crippen LogP contribution in [0.3, 0.4) is 0 Å². The van der Waals surface area contributed by atoms with E-state index >= 15 is 0 Å². The summed E-state index contributed by atoms with van der Waals surface area (Å²) in [5.74, 6) is 0.427. The molecular formula is C9H15N5O2. The molecule has 1 aromatic heterocycles. The Kier molecular flexibility index (Phi) is 3.98. The van der Waals surface area contributed by atoms with Crippen molar-refractivity contribution in [1.82, 2.24) is 9.97 Å². The van der Waals surface area contributed by atoms with Crippen molar-refractivity contribution in [1.29, 1.82) is 0 Å². The molecule has 0 unspecified atom stereocenters. The van der Waals surface area contributed by atoms with Crippen molar-refractivity contribution >= 4 is 17.5 Å². The molecule has 1 heterocycles. The monoisotopic (exact) mass is 225 g/mol. The van der Waals surface area contributed by atoms with E-state index in [1.165, 1.54) is 0 Å². The van der Waals surface area contributed by atoms with Crippen molar-refractivity contribution in [3.63, 3.8) is 0 Å². The minimum absolute atomic E-state index is 0.0375. The van der Waals surface area contributed by atoms with E-state index in [-0.39, 0.29) is 23.3 Å². The number of hydrogen-bond donors (Lipinski definition) is 2. The number of rotatable bonds is 5. The first-order valence-electron chi connectivity index (χ1n) is 4.93. The molecule has 0 radical (unpaired) electrons. The second-order valence-corrected chi connectivity index (χ2v) is 3.74. The topological polar surface area (TPSA) is 116 Å². The van der Waals surface area contributed by atoms with Crippen LogP contribution in [0.15, 0.2) is 5.18 Å². The normalized spacial score (nSPS) is 10.4. The Morgan fingerprint density at radius 2 is 2.06 bits per heavy atom. The highest BCUT2D eigenvalue weighted by atomic mass is 16.5. The van der Waals surface area contributed by atoms with Gasteiger partial charge in [-0.3, -0.25) is 0 Å². The lowest BCUT2D eigenvalue weighted by molar-refractivity contribution is 0.280. The van der Waals surface area contributed by atoms with Gasteiger partial charge in [-0.1, -0.05) is 13.8 Å². The van der Waals surface area contributed by atoms with Gasteiger partial charge in [0.2, 0.25) is 11.6 Å². The molecule has 0 aliphatic heterocycles. The molecule has 0 saturated carbocycles. The van der Waals surface area contributed by atoms with Gasteiger partial charge in [-0.2, -0.15) is 9.97 Å². The zero-order valence-corrected chi connectivity index (χ0v) is 9.30. The van der Waals surface area contributed by atoms with Crippen LogP contribution in [0.25, 0.3) is 0 Å². The van der Waals surface area contributed by atoms with Crippen LogP contribution in [0.4, 0.5) is 17.5 Å². The summed E-state index contributed by atoms with van der Waals surface area (Å²) in [6.07, 6.45) is 0.835. The molecule has 1 aromatic rings. The van der Waals surface area contributed by atoms with Crippen LogP contribution in [-0.2, 0) is 0 Å². The van der Waals surface area contributed by atoms with Crippen LogP contribution in [-0.4, -0.2) is 16.6 Å². The van der Waals surface area contributed by atoms with Crippen molar-refractivity contribution in [2.75, 3.05) is 18.1 Å². The number of nitrogen functional groups attached to an aromatic ring is 2. The third-order valence-electron chi connectivity index (χ3n) is 1.92. The largest absolute Gasteiger partial charge is 0.476 e. The number of ether oxygens (including phenoxy) is 1. The van der Waals surface area contributed by atoms with Gasteiger partial charge in [0.1, 0.15) is 0 Å². The molecule has 0 amide bonds. The smallest absolute Gasteiger partial charge is 0.250 e. The molecule has 0 saturated heterocycles. The lowest BCUT2D eigenvalue weighted by Gasteiger charge is -2.09. The molecule has 0 bridgehead atoms. The molecule has 7 nitrogen and oxygen atoms in total. The second-order valence-electron chi connectivity index (χ2n) is 3.74. The SMILES string of the molecule is CC(C)CCOc1nc(N)nc(N)c1N=O. The number of nitrogens with zero attached hydrogens (tertiary/aromatic N) is 3. The predicted molar refractivity (Wildman–Crippen MR) is 61.3 cm³/mol. The quantitative estimate of drug-likeness (QED) is 0.732. The molecule has 0 aliphatic carbocycles. The molecule has 1 rings (SSSR count). The Hall–Kier alpha value is -1.92. The van der Waals surface area contributed by atoms with Crippen molar-refractivity contribution in [3.05, 3.63) is 4.91 Å². The number of nitroso groups, excluding NO2 is 1. The summed E-state index contributed by atoms with van der Waals surface area (Å²) in [5.41, 5.74) is 10.7. The second kappa shape index (κ2) is 5.24. The minimum atomic E-state index is -0.0991. The highest BCUT2D eigenvalue weighted by Gasteiger charge is 2.13. The first kappa shape index (κ1) is 12.2. The maximum atomic E-state index is 10.5. The molecule has 7 heteroatoms. The van der Waals surface area contributed by atoms with Crippen LogP contribution in [0.1, 0.15) is 20.3 Å². The lowest BCUT2D eigenvalue weighted by atomic mass is 10.1. The van der Waals surface area contributed by atoms with Gasteiger partial charge in [0.05, 0.1) is 6.61 Å². The molecular weight excluding hydrogens is 210 g/mol. The Morgan fingerprint density at radius 1 is 1.38 bits per heavy atom. The highest BCUT2D eigenvalue weighted by Crippen LogP contribution is 2.30. The molecule has 0 aliphatic rings. The fourth-order valence-electron chi connectivity index (χ4n) is 1.05. The number of hydrogen-bond acceptors (Lipinski definition) is 7. The van der Waals surface area contributed by atoms with Crippen molar-refractivity contribution in [3.8, 4) is 5.88 Å². The molecule has 0 aromatic carbocycles. The van der Waals surface area contributed by atoms with Crippen LogP contribution in [0.2, 0.25) is 0 Å². The number of aromatic nitrogens is 2. The first-order valence-corrected chi connectivity index (χ1v) is 4.93. The van der Waals surface area contributed by atoms with Gasteiger partial charge in [-0.05, 0) is 17.5 Å². The van der Waals surface area contributed by atoms with Crippen LogP contribution in [0.5, 0.6) is 5.88 Å². The Balaban J connectivity index is 2.81. The van der Waals surface area contributed by atoms with Gasteiger partial charge in [0, 0.05) is 0 Å². The lowest BCUT2D eigenvalue weighted by Crippen LogP contribution is -2.06. The van der Waals surface area contributed by atoms with E-state index in [1.807, 2.05) is 0 Å². The van der Waals surface area contributed by atoms with Crippen molar-refractivity contribution < 1.29 is 4.74 Å². The van der Waals surface area contributed by atoms with Gasteiger partial charge >= 0.3 is 0 Å². The average molecular weight is 225 g/mol. The summed E-state index contributed by atoms with van der Waals surface area (Å²) in [6.45, 7) is 4.55. The minimum Gasteiger partial charge on any atom is -0.476 e. The zero-order valence-electron chi connectivity index (χ0n) is 9.30. The van der Waals surface area contributed by atoms with Gasteiger partial charge in [-0.15, -0.1) is 4.91 Å². The van der Waals surface area contributed by atoms with Crippen LogP contribution < -0.4 is 16.2 Å². The van der Waals surface area contributed by atoms with E-state index in [0.29, 0.717) is 12.5 Å². The fraction of sp³-hybridized carbons (Fsp3) is 0.556. The summed E-state index contributed by atoms with van der Waals surface area (Å²) in [6, 6.07) is 0. The van der Waals surface area contributed by atoms with Crippen molar-refractivity contribution in [2.45, 2.75) is 20.3 Å². The highest BCUT2D eigenvalue weighted by molar-refractivity contribution is 5.65. The summed E-state index contributed by atoms with van der Waals surface area (Å²) >= 11 is 0. The van der Waals surface area contributed by atoms with E-state index in [1.54, 1.807) is 0 Å². The summed E-state index contributed by atoms with van der Waals surface area (Å²) < 4.78 is 5.30. The predicted octanol–water partition coefficient (Wildman–Crippen LogP) is 1.46. The summed E-state index contributed by atoms with van der Waals surface area (Å²) in [7, 11) is 0. The molecule has 88 valence electrons. The Labute approximate surface area is 93.2 Å². The van der Waals surface area contributed by atoms with Gasteiger partial charge in [-0.25, -0.2) is 0 Å². The van der Waals surface area contributed by atoms with Crippen LogP contribution in [0, 0.1) is 10.8 Å². The fourth-order valence-corrected chi connectivity index (χ4v) is 1.05. The third kappa shape index (κ3) is 3.04. The van der Waals surface area contributed by atoms with Gasteiger partial charge < -0.3 is 16.2 Å². The Morgan fingerprint density at radius 3 is 2.62 bits per heavy atom. The Bertz CT molecular complexity index is 380. The van der Waals surface area contributed by atoms with E-state index < -0.39 is 0 Å². The van der Waals surface area contributed by atoms with E-state index in [4.69, 9.17) is 16.2 Å². The van der Waals surface area contributed by atoms with Crippen molar-refractivity contribution in [2.24, 2.45) is 11.1 Å². The molecule has 0 atom stereocenters. The van der Waals surface area contributed by atoms with Gasteiger partial charge in [0.15, 0.2) is 5.82 Å². The number of anilines is 2. The maximum absolute atomic E-state index is 10.5. The average Bonchev–Trinajstić information content (AvgIpc) is 2.16. The van der Waals surface area contributed by atoms with E-state index in [0.717, 1.165) is 6.42 Å². The zero-order chi connectivity index (χ0) is 12.1. The maximum Gasteiger partial charge on any atom is 0.250 e. The summed E-state index contributed by atoms with van der Waals surface area (Å²) in [4.78, 5) is 17.9.